The van der Waals surface area contributed by atoms with Crippen LogP contribution in [0.15, 0.2) is 36.7 Å². The van der Waals surface area contributed by atoms with Crippen LogP contribution in [0, 0.1) is 5.82 Å². The van der Waals surface area contributed by atoms with E-state index in [1.54, 1.807) is 12.3 Å². The summed E-state index contributed by atoms with van der Waals surface area (Å²) in [5, 5.41) is 16.7. The number of likely N-dealkylation sites (tertiary alicyclic amines) is 1. The van der Waals surface area contributed by atoms with Crippen LogP contribution < -0.4 is 10.2 Å². The molecule has 3 aromatic rings. The second kappa shape index (κ2) is 8.54. The maximum atomic E-state index is 13.9. The number of anilines is 2. The fourth-order valence-electron chi connectivity index (χ4n) is 4.63. The number of urea groups is 1. The summed E-state index contributed by atoms with van der Waals surface area (Å²) in [5.41, 5.74) is 0.885. The number of nitrogens with zero attached hydrogens (tertiary/aromatic N) is 5. The van der Waals surface area contributed by atoms with Crippen molar-refractivity contribution in [2.45, 2.75) is 37.8 Å². The van der Waals surface area contributed by atoms with Gasteiger partial charge in [0.15, 0.2) is 5.65 Å². The second-order valence-corrected chi connectivity index (χ2v) is 8.36. The van der Waals surface area contributed by atoms with Gasteiger partial charge in [-0.25, -0.2) is 27.5 Å². The first-order valence-corrected chi connectivity index (χ1v) is 10.8. The molecule has 174 valence electrons. The predicted octanol–water partition coefficient (Wildman–Crippen LogP) is 3.75. The van der Waals surface area contributed by atoms with Gasteiger partial charge in [0.1, 0.15) is 17.3 Å². The lowest BCUT2D eigenvalue weighted by molar-refractivity contribution is 0.149. The number of benzene rings is 1. The summed E-state index contributed by atoms with van der Waals surface area (Å²) in [7, 11) is 0. The molecule has 1 aromatic carbocycles. The molecule has 33 heavy (non-hydrogen) atoms. The van der Waals surface area contributed by atoms with E-state index in [-0.39, 0.29) is 23.7 Å². The number of alkyl halides is 2. The molecule has 0 radical (unpaired) electrons. The monoisotopic (exact) mass is 460 g/mol. The van der Waals surface area contributed by atoms with Gasteiger partial charge < -0.3 is 20.2 Å². The number of nitrogens with one attached hydrogen (secondary N) is 1. The third kappa shape index (κ3) is 4.08. The van der Waals surface area contributed by atoms with E-state index in [4.69, 9.17) is 0 Å². The molecule has 2 aliphatic heterocycles. The number of rotatable bonds is 4. The Morgan fingerprint density at radius 2 is 2.06 bits per heavy atom. The zero-order chi connectivity index (χ0) is 23.1. The van der Waals surface area contributed by atoms with Crippen LogP contribution in [0.25, 0.3) is 5.65 Å². The highest BCUT2D eigenvalue weighted by Crippen LogP contribution is 2.39. The van der Waals surface area contributed by atoms with Crippen molar-refractivity contribution in [2.24, 2.45) is 0 Å². The number of hydrogen-bond acceptors (Lipinski definition) is 5. The van der Waals surface area contributed by atoms with Crippen LogP contribution >= 0.6 is 0 Å². The fourth-order valence-corrected chi connectivity index (χ4v) is 4.63. The van der Waals surface area contributed by atoms with Crippen LogP contribution in [0.5, 0.6) is 0 Å². The number of β-amino-alcohol motifs (C(OH)–C–C–N with tert-alkyl or cyclic N) is 1. The summed E-state index contributed by atoms with van der Waals surface area (Å²) in [6.07, 6.45) is 1.80. The molecule has 2 aromatic heterocycles. The smallest absolute Gasteiger partial charge is 0.322 e. The molecule has 2 fully saturated rings. The van der Waals surface area contributed by atoms with Crippen molar-refractivity contribution in [3.63, 3.8) is 0 Å². The maximum Gasteiger partial charge on any atom is 0.322 e. The summed E-state index contributed by atoms with van der Waals surface area (Å²) in [6, 6.07) is 4.30. The molecule has 2 N–H and O–H groups in total. The zero-order valence-electron chi connectivity index (χ0n) is 17.7. The molecular weight excluding hydrogens is 437 g/mol. The average molecular weight is 460 g/mol. The number of carbonyl (C=O) groups excluding carboxylic acids is 1. The third-order valence-corrected chi connectivity index (χ3v) is 6.24. The minimum Gasteiger partial charge on any atom is -0.391 e. The largest absolute Gasteiger partial charge is 0.391 e. The van der Waals surface area contributed by atoms with Crippen LogP contribution in [0.1, 0.15) is 42.9 Å². The molecule has 8 nitrogen and oxygen atoms in total. The lowest BCUT2D eigenvalue weighted by Crippen LogP contribution is -2.33. The third-order valence-electron chi connectivity index (χ3n) is 6.24. The first-order valence-electron chi connectivity index (χ1n) is 10.8. The van der Waals surface area contributed by atoms with Gasteiger partial charge in [-0.2, -0.15) is 5.10 Å². The number of aromatic nitrogens is 3. The Hall–Kier alpha value is -3.34. The standard InChI is InChI=1S/C22H23F3N6O2/c23-13-3-4-15(20(24)25)16(10-13)18-2-1-7-30(18)19-6-9-31-21(28-19)17(11-26-31)27-22(33)29-8-5-14(32)12-29/h3-4,6,9-11,14,18,20,32H,1-2,5,7-8,12H2,(H,27,33)/t14?,18-/m1/s1. The Morgan fingerprint density at radius 3 is 2.82 bits per heavy atom. The number of halogens is 3. The highest BCUT2D eigenvalue weighted by atomic mass is 19.3. The first kappa shape index (κ1) is 21.5. The van der Waals surface area contributed by atoms with E-state index >= 15 is 0 Å². The number of aliphatic hydroxyl groups excluding tert-OH is 1. The van der Waals surface area contributed by atoms with Crippen molar-refractivity contribution in [3.05, 3.63) is 53.6 Å². The van der Waals surface area contributed by atoms with Crippen LogP contribution in [0.3, 0.4) is 0 Å². The molecular formula is C22H23F3N6O2. The van der Waals surface area contributed by atoms with E-state index in [0.717, 1.165) is 18.6 Å². The Balaban J connectivity index is 1.45. The van der Waals surface area contributed by atoms with Crippen molar-refractivity contribution in [1.82, 2.24) is 19.5 Å². The van der Waals surface area contributed by atoms with Crippen LogP contribution in [-0.4, -0.2) is 56.4 Å². The number of carbonyl (C=O) groups is 1. The van der Waals surface area contributed by atoms with Gasteiger partial charge in [0.25, 0.3) is 6.43 Å². The van der Waals surface area contributed by atoms with Crippen molar-refractivity contribution < 1.29 is 23.1 Å². The van der Waals surface area contributed by atoms with Gasteiger partial charge in [0.2, 0.25) is 0 Å². The molecule has 0 saturated carbocycles. The minimum atomic E-state index is -2.71. The van der Waals surface area contributed by atoms with Crippen LogP contribution in [0.2, 0.25) is 0 Å². The van der Waals surface area contributed by atoms with E-state index in [2.05, 4.69) is 15.4 Å². The zero-order valence-corrected chi connectivity index (χ0v) is 17.7. The van der Waals surface area contributed by atoms with E-state index in [0.29, 0.717) is 43.1 Å². The number of hydrogen-bond donors (Lipinski definition) is 2. The highest BCUT2D eigenvalue weighted by Gasteiger charge is 2.31. The van der Waals surface area contributed by atoms with E-state index < -0.39 is 24.4 Å². The van der Waals surface area contributed by atoms with Crippen molar-refractivity contribution in [3.8, 4) is 0 Å². The molecule has 11 heteroatoms. The molecule has 2 saturated heterocycles. The normalized spacial score (nSPS) is 20.9. The van der Waals surface area contributed by atoms with Crippen LogP contribution in [-0.2, 0) is 0 Å². The van der Waals surface area contributed by atoms with Gasteiger partial charge in [0.05, 0.1) is 18.3 Å². The summed E-state index contributed by atoms with van der Waals surface area (Å²) < 4.78 is 42.7. The molecule has 2 amide bonds. The van der Waals surface area contributed by atoms with Gasteiger partial charge >= 0.3 is 6.03 Å². The number of amides is 2. The summed E-state index contributed by atoms with van der Waals surface area (Å²) in [4.78, 5) is 20.6. The average Bonchev–Trinajstić information content (AvgIpc) is 3.53. The Morgan fingerprint density at radius 1 is 1.21 bits per heavy atom. The molecule has 1 unspecified atom stereocenters. The minimum absolute atomic E-state index is 0.181. The number of fused-ring (bicyclic) bond motifs is 1. The quantitative estimate of drug-likeness (QED) is 0.620. The van der Waals surface area contributed by atoms with Crippen molar-refractivity contribution in [1.29, 1.82) is 0 Å². The Labute approximate surface area is 187 Å². The lowest BCUT2D eigenvalue weighted by atomic mass is 9.98. The van der Waals surface area contributed by atoms with Gasteiger partial charge in [0, 0.05) is 31.4 Å². The maximum absolute atomic E-state index is 13.9. The summed E-state index contributed by atoms with van der Waals surface area (Å²) in [5.74, 6) is -0.0282. The summed E-state index contributed by atoms with van der Waals surface area (Å²) in [6.45, 7) is 1.30. The van der Waals surface area contributed by atoms with E-state index in [1.165, 1.54) is 21.7 Å². The van der Waals surface area contributed by atoms with E-state index in [1.807, 2.05) is 4.90 Å². The molecule has 2 atom stereocenters. The topological polar surface area (TPSA) is 86.0 Å². The molecule has 2 aliphatic rings. The lowest BCUT2D eigenvalue weighted by Gasteiger charge is -2.28. The van der Waals surface area contributed by atoms with Gasteiger partial charge in [-0.1, -0.05) is 6.07 Å². The highest BCUT2D eigenvalue weighted by molar-refractivity contribution is 5.93. The van der Waals surface area contributed by atoms with Crippen LogP contribution in [0.4, 0.5) is 29.5 Å². The van der Waals surface area contributed by atoms with Crippen molar-refractivity contribution in [2.75, 3.05) is 29.9 Å². The predicted molar refractivity (Wildman–Crippen MR) is 115 cm³/mol. The first-order chi connectivity index (χ1) is 15.9. The van der Waals surface area contributed by atoms with Crippen molar-refractivity contribution >= 4 is 23.2 Å². The molecule has 4 heterocycles. The van der Waals surface area contributed by atoms with E-state index in [9.17, 15) is 23.1 Å². The summed E-state index contributed by atoms with van der Waals surface area (Å²) >= 11 is 0. The SMILES string of the molecule is O=C(Nc1cnn2ccc(N3CCC[C@@H]3c3cc(F)ccc3C(F)F)nc12)N1CCC(O)C1. The van der Waals surface area contributed by atoms with Gasteiger partial charge in [-0.05, 0) is 43.0 Å². The van der Waals surface area contributed by atoms with Gasteiger partial charge in [-0.3, -0.25) is 0 Å². The Bertz CT molecular complexity index is 1190. The molecule has 0 bridgehead atoms. The number of aliphatic hydroxyl groups is 1. The molecule has 0 aliphatic carbocycles. The second-order valence-electron chi connectivity index (χ2n) is 8.36. The molecule has 5 rings (SSSR count). The Kier molecular flexibility index (Phi) is 5.57. The van der Waals surface area contributed by atoms with Gasteiger partial charge in [-0.15, -0.1) is 0 Å². The molecule has 0 spiro atoms. The fraction of sp³-hybridized carbons (Fsp3) is 0.409.